The number of nitrogens with zero attached hydrogens (tertiary/aromatic N) is 1. The summed E-state index contributed by atoms with van der Waals surface area (Å²) in [7, 11) is 1.39. The Bertz CT molecular complexity index is 515. The third kappa shape index (κ3) is 3.80. The van der Waals surface area contributed by atoms with E-state index in [9.17, 15) is 14.9 Å². The van der Waals surface area contributed by atoms with E-state index in [4.69, 9.17) is 4.74 Å². The van der Waals surface area contributed by atoms with Crippen molar-refractivity contribution in [2.45, 2.75) is 44.4 Å². The van der Waals surface area contributed by atoms with Crippen molar-refractivity contribution < 1.29 is 14.5 Å². The average Bonchev–Trinajstić information content (AvgIpc) is 2.72. The van der Waals surface area contributed by atoms with E-state index in [0.717, 1.165) is 37.7 Å². The lowest BCUT2D eigenvalue weighted by molar-refractivity contribution is -0.385. The summed E-state index contributed by atoms with van der Waals surface area (Å²) >= 11 is 0. The minimum Gasteiger partial charge on any atom is -0.469 e. The van der Waals surface area contributed by atoms with Gasteiger partial charge < -0.3 is 4.74 Å². The zero-order valence-electron chi connectivity index (χ0n) is 12.3. The van der Waals surface area contributed by atoms with Crippen LogP contribution in [0.25, 0.3) is 0 Å². The first-order chi connectivity index (χ1) is 10.1. The predicted molar refractivity (Wildman–Crippen MR) is 79.0 cm³/mol. The fraction of sp³-hybridized carbons (Fsp3) is 0.562. The van der Waals surface area contributed by atoms with Gasteiger partial charge in [-0.25, -0.2) is 0 Å². The molecule has 1 aliphatic rings. The monoisotopic (exact) mass is 291 g/mol. The SMILES string of the molecule is COC(=O)CC1CCCCCC1c1ccccc1[N+](=O)[O-]. The zero-order valence-corrected chi connectivity index (χ0v) is 12.3. The van der Waals surface area contributed by atoms with Gasteiger partial charge >= 0.3 is 5.97 Å². The summed E-state index contributed by atoms with van der Waals surface area (Å²) < 4.78 is 4.78. The topological polar surface area (TPSA) is 69.4 Å². The largest absolute Gasteiger partial charge is 0.469 e. The van der Waals surface area contributed by atoms with Crippen molar-refractivity contribution in [1.82, 2.24) is 0 Å². The molecule has 5 nitrogen and oxygen atoms in total. The maximum Gasteiger partial charge on any atom is 0.305 e. The fourth-order valence-electron chi connectivity index (χ4n) is 3.30. The molecule has 2 unspecified atom stereocenters. The van der Waals surface area contributed by atoms with Crippen LogP contribution in [-0.2, 0) is 9.53 Å². The van der Waals surface area contributed by atoms with E-state index in [1.165, 1.54) is 7.11 Å². The summed E-state index contributed by atoms with van der Waals surface area (Å²) in [5.41, 5.74) is 0.928. The molecule has 0 N–H and O–H groups in total. The molecule has 0 saturated heterocycles. The van der Waals surface area contributed by atoms with Gasteiger partial charge in [-0.1, -0.05) is 37.5 Å². The summed E-state index contributed by atoms with van der Waals surface area (Å²) in [4.78, 5) is 22.6. The van der Waals surface area contributed by atoms with Crippen LogP contribution in [0.15, 0.2) is 24.3 Å². The maximum atomic E-state index is 11.6. The first kappa shape index (κ1) is 15.5. The van der Waals surface area contributed by atoms with Crippen molar-refractivity contribution in [2.24, 2.45) is 5.92 Å². The molecule has 1 fully saturated rings. The van der Waals surface area contributed by atoms with Gasteiger partial charge in [0.15, 0.2) is 0 Å². The van der Waals surface area contributed by atoms with Gasteiger partial charge in [-0.2, -0.15) is 0 Å². The number of ether oxygens (including phenoxy) is 1. The molecule has 0 amide bonds. The standard InChI is InChI=1S/C16H21NO4/c1-21-16(18)11-12-7-3-2-4-8-13(12)14-9-5-6-10-15(14)17(19)20/h5-6,9-10,12-13H,2-4,7-8,11H2,1H3. The van der Waals surface area contributed by atoms with Crippen molar-refractivity contribution >= 4 is 11.7 Å². The Kier molecular flexibility index (Phi) is 5.31. The van der Waals surface area contributed by atoms with Gasteiger partial charge in [0.2, 0.25) is 0 Å². The van der Waals surface area contributed by atoms with Crippen LogP contribution in [0, 0.1) is 16.0 Å². The molecule has 0 heterocycles. The summed E-state index contributed by atoms with van der Waals surface area (Å²) in [6, 6.07) is 6.91. The van der Waals surface area contributed by atoms with Crippen LogP contribution >= 0.6 is 0 Å². The normalized spacial score (nSPS) is 22.3. The zero-order chi connectivity index (χ0) is 15.2. The summed E-state index contributed by atoms with van der Waals surface area (Å²) in [5.74, 6) is -0.0419. The molecule has 1 saturated carbocycles. The molecule has 2 rings (SSSR count). The first-order valence-electron chi connectivity index (χ1n) is 7.43. The molecule has 1 aromatic carbocycles. The van der Waals surface area contributed by atoms with Crippen molar-refractivity contribution in [3.63, 3.8) is 0 Å². The number of rotatable bonds is 4. The highest BCUT2D eigenvalue weighted by Crippen LogP contribution is 2.41. The number of nitro benzene ring substituents is 1. The highest BCUT2D eigenvalue weighted by molar-refractivity contribution is 5.69. The van der Waals surface area contributed by atoms with E-state index in [2.05, 4.69) is 0 Å². The minimum absolute atomic E-state index is 0.0631. The molecule has 0 aliphatic heterocycles. The molecule has 114 valence electrons. The number of carbonyl (C=O) groups excluding carboxylic acids is 1. The third-order valence-corrected chi connectivity index (χ3v) is 4.35. The van der Waals surface area contributed by atoms with E-state index >= 15 is 0 Å². The van der Waals surface area contributed by atoms with Crippen LogP contribution in [0.4, 0.5) is 5.69 Å². The van der Waals surface area contributed by atoms with Gasteiger partial charge in [0.25, 0.3) is 5.69 Å². The quantitative estimate of drug-likeness (QED) is 0.366. The van der Waals surface area contributed by atoms with Crippen LogP contribution in [-0.4, -0.2) is 18.0 Å². The van der Waals surface area contributed by atoms with Crippen molar-refractivity contribution in [3.05, 3.63) is 39.9 Å². The highest BCUT2D eigenvalue weighted by atomic mass is 16.6. The molecule has 21 heavy (non-hydrogen) atoms. The van der Waals surface area contributed by atoms with Crippen LogP contribution in [0.2, 0.25) is 0 Å². The van der Waals surface area contributed by atoms with E-state index in [1.807, 2.05) is 12.1 Å². The second-order valence-corrected chi connectivity index (χ2v) is 5.60. The van der Waals surface area contributed by atoms with Crippen molar-refractivity contribution in [1.29, 1.82) is 0 Å². The maximum absolute atomic E-state index is 11.6. The molecule has 0 bridgehead atoms. The van der Waals surface area contributed by atoms with Gasteiger partial charge in [-0.05, 0) is 24.7 Å². The fourth-order valence-corrected chi connectivity index (χ4v) is 3.30. The van der Waals surface area contributed by atoms with E-state index in [0.29, 0.717) is 6.42 Å². The number of carbonyl (C=O) groups is 1. The molecule has 0 spiro atoms. The van der Waals surface area contributed by atoms with Crippen LogP contribution < -0.4 is 0 Å². The van der Waals surface area contributed by atoms with Crippen LogP contribution in [0.3, 0.4) is 0 Å². The number of hydrogen-bond acceptors (Lipinski definition) is 4. The van der Waals surface area contributed by atoms with E-state index in [1.54, 1.807) is 12.1 Å². The number of esters is 1. The van der Waals surface area contributed by atoms with Gasteiger partial charge in [0.05, 0.1) is 12.0 Å². The number of methoxy groups -OCH3 is 1. The van der Waals surface area contributed by atoms with Gasteiger partial charge in [0.1, 0.15) is 0 Å². The van der Waals surface area contributed by atoms with Crippen molar-refractivity contribution in [3.8, 4) is 0 Å². The lowest BCUT2D eigenvalue weighted by Crippen LogP contribution is -2.18. The third-order valence-electron chi connectivity index (χ3n) is 4.35. The van der Waals surface area contributed by atoms with Gasteiger partial charge in [-0.3, -0.25) is 14.9 Å². The molecule has 5 heteroatoms. The Balaban J connectivity index is 2.32. The summed E-state index contributed by atoms with van der Waals surface area (Å²) in [6.45, 7) is 0. The van der Waals surface area contributed by atoms with E-state index in [-0.39, 0.29) is 28.4 Å². The Morgan fingerprint density at radius 3 is 2.71 bits per heavy atom. The Morgan fingerprint density at radius 2 is 2.00 bits per heavy atom. The average molecular weight is 291 g/mol. The van der Waals surface area contributed by atoms with Crippen molar-refractivity contribution in [2.75, 3.05) is 7.11 Å². The molecular formula is C16H21NO4. The smallest absolute Gasteiger partial charge is 0.305 e. The molecule has 1 aromatic rings. The predicted octanol–water partition coefficient (Wildman–Crippen LogP) is 3.82. The molecule has 0 aromatic heterocycles. The Hall–Kier alpha value is -1.91. The lowest BCUT2D eigenvalue weighted by Gasteiger charge is -2.24. The molecule has 2 atom stereocenters. The minimum atomic E-state index is -0.324. The molecule has 0 radical (unpaired) electrons. The summed E-state index contributed by atoms with van der Waals surface area (Å²) in [6.07, 6.45) is 5.40. The van der Waals surface area contributed by atoms with Crippen LogP contribution in [0.1, 0.15) is 50.0 Å². The summed E-state index contributed by atoms with van der Waals surface area (Å²) in [5, 5.41) is 11.2. The van der Waals surface area contributed by atoms with E-state index < -0.39 is 0 Å². The molecule has 1 aliphatic carbocycles. The van der Waals surface area contributed by atoms with Crippen LogP contribution in [0.5, 0.6) is 0 Å². The Morgan fingerprint density at radius 1 is 1.29 bits per heavy atom. The molecular weight excluding hydrogens is 270 g/mol. The Labute approximate surface area is 124 Å². The number of para-hydroxylation sites is 1. The lowest BCUT2D eigenvalue weighted by atomic mass is 9.80. The second kappa shape index (κ2) is 7.20. The number of benzene rings is 1. The first-order valence-corrected chi connectivity index (χ1v) is 7.43. The number of nitro groups is 1. The second-order valence-electron chi connectivity index (χ2n) is 5.60. The van der Waals surface area contributed by atoms with Gasteiger partial charge in [-0.15, -0.1) is 0 Å². The number of hydrogen-bond donors (Lipinski definition) is 0. The highest BCUT2D eigenvalue weighted by Gasteiger charge is 2.31. The van der Waals surface area contributed by atoms with Gasteiger partial charge in [0, 0.05) is 18.1 Å².